The van der Waals surface area contributed by atoms with Crippen molar-refractivity contribution in [3.63, 3.8) is 0 Å². The molecule has 2 rings (SSSR count). The molecular formula is C13H18BrNO2S2. The Morgan fingerprint density at radius 2 is 2.05 bits per heavy atom. The molecule has 0 spiro atoms. The first kappa shape index (κ1) is 15.4. The second-order valence-electron chi connectivity index (χ2n) is 4.87. The lowest BCUT2D eigenvalue weighted by Gasteiger charge is -2.36. The number of aryl methyl sites for hydroxylation is 1. The molecule has 1 aromatic carbocycles. The van der Waals surface area contributed by atoms with Crippen LogP contribution in [-0.2, 0) is 10.0 Å². The van der Waals surface area contributed by atoms with Crippen molar-refractivity contribution in [1.82, 2.24) is 4.31 Å². The van der Waals surface area contributed by atoms with Gasteiger partial charge in [-0.25, -0.2) is 8.42 Å². The average molecular weight is 364 g/mol. The predicted octanol–water partition coefficient (Wildman–Crippen LogP) is 3.27. The molecule has 1 aliphatic heterocycles. The quantitative estimate of drug-likeness (QED) is 0.808. The summed E-state index contributed by atoms with van der Waals surface area (Å²) in [7, 11) is -3.42. The first-order valence-corrected chi connectivity index (χ1v) is 9.52. The number of benzene rings is 1. The van der Waals surface area contributed by atoms with E-state index in [1.54, 1.807) is 10.4 Å². The van der Waals surface area contributed by atoms with E-state index in [0.29, 0.717) is 21.2 Å². The Balaban J connectivity index is 2.41. The van der Waals surface area contributed by atoms with Crippen LogP contribution in [0.25, 0.3) is 0 Å². The number of halogens is 1. The van der Waals surface area contributed by atoms with E-state index in [4.69, 9.17) is 0 Å². The third-order valence-electron chi connectivity index (χ3n) is 3.50. The van der Waals surface area contributed by atoms with Gasteiger partial charge in [-0.05, 0) is 47.5 Å². The maximum atomic E-state index is 12.8. The van der Waals surface area contributed by atoms with E-state index in [-0.39, 0.29) is 6.04 Å². The average Bonchev–Trinajstić information content (AvgIpc) is 2.31. The lowest BCUT2D eigenvalue weighted by atomic mass is 10.2. The Morgan fingerprint density at radius 1 is 1.37 bits per heavy atom. The highest BCUT2D eigenvalue weighted by atomic mass is 79.9. The van der Waals surface area contributed by atoms with Gasteiger partial charge >= 0.3 is 0 Å². The minimum atomic E-state index is -3.42. The highest BCUT2D eigenvalue weighted by molar-refractivity contribution is 9.10. The van der Waals surface area contributed by atoms with Crippen LogP contribution in [0.4, 0.5) is 0 Å². The smallest absolute Gasteiger partial charge is 0.207 e. The van der Waals surface area contributed by atoms with Crippen molar-refractivity contribution in [2.24, 2.45) is 0 Å². The maximum Gasteiger partial charge on any atom is 0.244 e. The third-order valence-corrected chi connectivity index (χ3v) is 7.80. The van der Waals surface area contributed by atoms with E-state index in [1.165, 1.54) is 0 Å². The molecule has 0 N–H and O–H groups in total. The van der Waals surface area contributed by atoms with Crippen LogP contribution in [0, 0.1) is 6.92 Å². The monoisotopic (exact) mass is 363 g/mol. The van der Waals surface area contributed by atoms with Gasteiger partial charge in [0, 0.05) is 28.1 Å². The molecule has 0 amide bonds. The van der Waals surface area contributed by atoms with E-state index >= 15 is 0 Å². The summed E-state index contributed by atoms with van der Waals surface area (Å²) in [6, 6.07) is 5.40. The summed E-state index contributed by atoms with van der Waals surface area (Å²) >= 11 is 5.20. The van der Waals surface area contributed by atoms with Crippen molar-refractivity contribution in [3.8, 4) is 0 Å². The minimum Gasteiger partial charge on any atom is -0.207 e. The van der Waals surface area contributed by atoms with Crippen LogP contribution in [0.1, 0.15) is 19.4 Å². The van der Waals surface area contributed by atoms with E-state index in [1.807, 2.05) is 37.7 Å². The van der Waals surface area contributed by atoms with Crippen LogP contribution < -0.4 is 0 Å². The molecule has 1 heterocycles. The van der Waals surface area contributed by atoms with Gasteiger partial charge in [-0.15, -0.1) is 0 Å². The Hall–Kier alpha value is -0.0400. The molecule has 0 radical (unpaired) electrons. The maximum absolute atomic E-state index is 12.8. The van der Waals surface area contributed by atoms with Crippen molar-refractivity contribution < 1.29 is 8.42 Å². The number of thioether (sulfide) groups is 1. The van der Waals surface area contributed by atoms with Gasteiger partial charge in [0.15, 0.2) is 0 Å². The van der Waals surface area contributed by atoms with Crippen LogP contribution in [-0.4, -0.2) is 36.3 Å². The largest absolute Gasteiger partial charge is 0.244 e. The predicted molar refractivity (Wildman–Crippen MR) is 84.2 cm³/mol. The standard InChI is InChI=1S/C13H18BrNO2S2/c1-9-4-5-13(12(14)8-9)19(16,17)15-6-7-18-11(3)10(15)2/h4-5,8,10-11H,6-7H2,1-3H3. The Kier molecular flexibility index (Phi) is 4.65. The zero-order chi connectivity index (χ0) is 14.2. The summed E-state index contributed by atoms with van der Waals surface area (Å²) in [5.41, 5.74) is 1.04. The summed E-state index contributed by atoms with van der Waals surface area (Å²) in [5.74, 6) is 0.855. The van der Waals surface area contributed by atoms with Gasteiger partial charge in [0.1, 0.15) is 0 Å². The molecule has 106 valence electrons. The van der Waals surface area contributed by atoms with Gasteiger partial charge in [0.2, 0.25) is 10.0 Å². The molecule has 0 bridgehead atoms. The molecule has 2 unspecified atom stereocenters. The fraction of sp³-hybridized carbons (Fsp3) is 0.538. The Morgan fingerprint density at radius 3 is 2.68 bits per heavy atom. The SMILES string of the molecule is Cc1ccc(S(=O)(=O)N2CCSC(C)C2C)c(Br)c1. The van der Waals surface area contributed by atoms with Crippen molar-refractivity contribution in [1.29, 1.82) is 0 Å². The first-order valence-electron chi connectivity index (χ1n) is 6.23. The Labute approximate surface area is 127 Å². The fourth-order valence-corrected chi connectivity index (χ4v) is 6.33. The molecule has 0 aromatic heterocycles. The second kappa shape index (κ2) is 5.76. The molecule has 1 fully saturated rings. The zero-order valence-electron chi connectivity index (χ0n) is 11.3. The van der Waals surface area contributed by atoms with Gasteiger partial charge in [0.25, 0.3) is 0 Å². The summed E-state index contributed by atoms with van der Waals surface area (Å²) in [6.07, 6.45) is 0. The normalized spacial score (nSPS) is 25.5. The summed E-state index contributed by atoms with van der Waals surface area (Å²) < 4.78 is 27.8. The van der Waals surface area contributed by atoms with Crippen molar-refractivity contribution in [3.05, 3.63) is 28.2 Å². The van der Waals surface area contributed by atoms with Crippen LogP contribution in [0.2, 0.25) is 0 Å². The van der Waals surface area contributed by atoms with Gasteiger partial charge in [0.05, 0.1) is 4.90 Å². The second-order valence-corrected chi connectivity index (χ2v) is 9.06. The lowest BCUT2D eigenvalue weighted by molar-refractivity contribution is 0.340. The van der Waals surface area contributed by atoms with Crippen LogP contribution >= 0.6 is 27.7 Å². The van der Waals surface area contributed by atoms with Gasteiger partial charge in [-0.2, -0.15) is 16.1 Å². The van der Waals surface area contributed by atoms with Gasteiger partial charge in [-0.3, -0.25) is 0 Å². The Bertz CT molecular complexity index is 574. The zero-order valence-corrected chi connectivity index (χ0v) is 14.5. The molecule has 1 aliphatic rings. The molecule has 6 heteroatoms. The van der Waals surface area contributed by atoms with E-state index in [9.17, 15) is 8.42 Å². The van der Waals surface area contributed by atoms with Crippen molar-refractivity contribution in [2.45, 2.75) is 37.0 Å². The van der Waals surface area contributed by atoms with Gasteiger partial charge in [-0.1, -0.05) is 13.0 Å². The fourth-order valence-electron chi connectivity index (χ4n) is 2.19. The third kappa shape index (κ3) is 3.01. The molecule has 0 aliphatic carbocycles. The molecule has 1 aromatic rings. The number of sulfonamides is 1. The van der Waals surface area contributed by atoms with E-state index in [2.05, 4.69) is 22.9 Å². The van der Waals surface area contributed by atoms with E-state index in [0.717, 1.165) is 11.3 Å². The summed E-state index contributed by atoms with van der Waals surface area (Å²) in [4.78, 5) is 0.365. The topological polar surface area (TPSA) is 37.4 Å². The summed E-state index contributed by atoms with van der Waals surface area (Å²) in [6.45, 7) is 6.60. The molecule has 19 heavy (non-hydrogen) atoms. The number of hydrogen-bond acceptors (Lipinski definition) is 3. The molecule has 2 atom stereocenters. The van der Waals surface area contributed by atoms with Crippen molar-refractivity contribution in [2.75, 3.05) is 12.3 Å². The van der Waals surface area contributed by atoms with Gasteiger partial charge < -0.3 is 0 Å². The van der Waals surface area contributed by atoms with Crippen LogP contribution in [0.15, 0.2) is 27.6 Å². The first-order chi connectivity index (χ1) is 8.84. The molecule has 3 nitrogen and oxygen atoms in total. The summed E-state index contributed by atoms with van der Waals surface area (Å²) in [5, 5.41) is 0.327. The number of nitrogens with zero attached hydrogens (tertiary/aromatic N) is 1. The highest BCUT2D eigenvalue weighted by Gasteiger charge is 2.35. The van der Waals surface area contributed by atoms with E-state index < -0.39 is 10.0 Å². The lowest BCUT2D eigenvalue weighted by Crippen LogP contribution is -2.47. The number of hydrogen-bond donors (Lipinski definition) is 0. The molecular weight excluding hydrogens is 346 g/mol. The minimum absolute atomic E-state index is 0.0250. The van der Waals surface area contributed by atoms with Crippen molar-refractivity contribution >= 4 is 37.7 Å². The van der Waals surface area contributed by atoms with Crippen LogP contribution in [0.5, 0.6) is 0 Å². The number of rotatable bonds is 2. The van der Waals surface area contributed by atoms with Crippen LogP contribution in [0.3, 0.4) is 0 Å². The molecule has 0 saturated carbocycles. The molecule has 1 saturated heterocycles. The highest BCUT2D eigenvalue weighted by Crippen LogP contribution is 2.32.